The van der Waals surface area contributed by atoms with E-state index in [2.05, 4.69) is 0 Å². The summed E-state index contributed by atoms with van der Waals surface area (Å²) in [5.41, 5.74) is 0.860. The molecule has 0 aliphatic heterocycles. The molecule has 0 fully saturated rings. The van der Waals surface area contributed by atoms with Crippen molar-refractivity contribution >= 4 is 12.2 Å². The Hall–Kier alpha value is -3.10. The molecule has 0 spiro atoms. The third-order valence-electron chi connectivity index (χ3n) is 4.07. The average molecular weight is 388 g/mol. The van der Waals surface area contributed by atoms with Gasteiger partial charge in [-0.1, -0.05) is 60.7 Å². The summed E-state index contributed by atoms with van der Waals surface area (Å²) >= 11 is 0. The topological polar surface area (TPSA) is 88.5 Å². The highest BCUT2D eigenvalue weighted by atomic mass is 16.7. The molecule has 2 aromatic rings. The summed E-state index contributed by atoms with van der Waals surface area (Å²) in [6.07, 6.45) is -3.28. The molecule has 0 aliphatic carbocycles. The normalized spacial score (nSPS) is 13.9. The molecule has 8 heteroatoms. The molecule has 2 aromatic carbocycles. The predicted octanol–water partition coefficient (Wildman–Crippen LogP) is 3.47. The minimum Gasteiger partial charge on any atom is -0.465 e. The van der Waals surface area contributed by atoms with Crippen LogP contribution >= 0.6 is 0 Å². The minimum atomic E-state index is -2.08. The quantitative estimate of drug-likeness (QED) is 0.731. The number of amides is 2. The number of benzene rings is 2. The van der Waals surface area contributed by atoms with Crippen LogP contribution in [0.5, 0.6) is 0 Å². The van der Waals surface area contributed by atoms with Gasteiger partial charge in [-0.15, -0.1) is 0 Å². The number of hydrogen-bond donors (Lipinski definition) is 1. The first-order chi connectivity index (χ1) is 13.4. The molecule has 0 heterocycles. The fourth-order valence-corrected chi connectivity index (χ4v) is 2.75. The van der Waals surface area contributed by atoms with Crippen molar-refractivity contribution in [3.8, 4) is 0 Å². The first-order valence-corrected chi connectivity index (χ1v) is 8.48. The maximum atomic E-state index is 12.4. The number of rotatable bonds is 7. The Balaban J connectivity index is 2.69. The lowest BCUT2D eigenvalue weighted by Gasteiger charge is -2.43. The average Bonchev–Trinajstić information content (AvgIpc) is 2.71. The van der Waals surface area contributed by atoms with Gasteiger partial charge in [0.15, 0.2) is 6.23 Å². The van der Waals surface area contributed by atoms with Crippen LogP contribution in [0.2, 0.25) is 0 Å². The molecule has 8 nitrogen and oxygen atoms in total. The van der Waals surface area contributed by atoms with E-state index >= 15 is 0 Å². The van der Waals surface area contributed by atoms with Crippen LogP contribution < -0.4 is 0 Å². The molecule has 2 rings (SSSR count). The molecule has 0 aromatic heterocycles. The van der Waals surface area contributed by atoms with E-state index in [1.807, 2.05) is 0 Å². The molecule has 0 bridgehead atoms. The predicted molar refractivity (Wildman–Crippen MR) is 101 cm³/mol. The van der Waals surface area contributed by atoms with E-state index in [1.165, 1.54) is 33.2 Å². The highest BCUT2D eigenvalue weighted by molar-refractivity contribution is 5.70. The van der Waals surface area contributed by atoms with Crippen LogP contribution in [0.25, 0.3) is 0 Å². The molecule has 28 heavy (non-hydrogen) atoms. The van der Waals surface area contributed by atoms with Gasteiger partial charge >= 0.3 is 18.1 Å². The SMILES string of the molecule is COC(c1ccccc1)N(C(=O)O)C(OC)(OC(=O)N(C)C)c1ccccc1. The van der Waals surface area contributed by atoms with E-state index in [1.54, 1.807) is 60.7 Å². The Bertz CT molecular complexity index is 784. The summed E-state index contributed by atoms with van der Waals surface area (Å²) in [6.45, 7) is 0. The fourth-order valence-electron chi connectivity index (χ4n) is 2.75. The molecule has 0 aliphatic rings. The monoisotopic (exact) mass is 388 g/mol. The molecular weight excluding hydrogens is 364 g/mol. The van der Waals surface area contributed by atoms with E-state index < -0.39 is 24.3 Å². The molecule has 0 radical (unpaired) electrons. The Morgan fingerprint density at radius 1 is 0.964 bits per heavy atom. The number of carbonyl (C=O) groups excluding carboxylic acids is 1. The largest absolute Gasteiger partial charge is 0.465 e. The van der Waals surface area contributed by atoms with Crippen LogP contribution in [0, 0.1) is 0 Å². The first-order valence-electron chi connectivity index (χ1n) is 8.48. The summed E-state index contributed by atoms with van der Waals surface area (Å²) in [4.78, 5) is 26.8. The second kappa shape index (κ2) is 9.20. The van der Waals surface area contributed by atoms with Gasteiger partial charge in [0, 0.05) is 39.4 Å². The number of nitrogens with zero attached hydrogens (tertiary/aromatic N) is 2. The van der Waals surface area contributed by atoms with Gasteiger partial charge in [0.2, 0.25) is 0 Å². The lowest BCUT2D eigenvalue weighted by molar-refractivity contribution is -0.308. The highest BCUT2D eigenvalue weighted by Crippen LogP contribution is 2.38. The van der Waals surface area contributed by atoms with Gasteiger partial charge in [0.25, 0.3) is 0 Å². The Morgan fingerprint density at radius 3 is 1.93 bits per heavy atom. The smallest absolute Gasteiger partial charge is 0.415 e. The van der Waals surface area contributed by atoms with Crippen molar-refractivity contribution in [3.63, 3.8) is 0 Å². The van der Waals surface area contributed by atoms with Crippen molar-refractivity contribution in [1.29, 1.82) is 0 Å². The number of ether oxygens (including phenoxy) is 3. The van der Waals surface area contributed by atoms with Crippen LogP contribution in [-0.2, 0) is 20.1 Å². The third-order valence-corrected chi connectivity index (χ3v) is 4.07. The molecule has 2 atom stereocenters. The van der Waals surface area contributed by atoms with Gasteiger partial charge in [0.1, 0.15) is 0 Å². The number of carbonyl (C=O) groups is 2. The van der Waals surface area contributed by atoms with Gasteiger partial charge < -0.3 is 24.2 Å². The molecule has 1 N–H and O–H groups in total. The van der Waals surface area contributed by atoms with Crippen LogP contribution in [0.4, 0.5) is 9.59 Å². The van der Waals surface area contributed by atoms with Crippen molar-refractivity contribution in [2.75, 3.05) is 28.3 Å². The summed E-state index contributed by atoms with van der Waals surface area (Å²) in [7, 11) is 5.62. The van der Waals surface area contributed by atoms with Crippen LogP contribution in [0.1, 0.15) is 17.4 Å². The third kappa shape index (κ3) is 4.24. The lowest BCUT2D eigenvalue weighted by atomic mass is 10.1. The van der Waals surface area contributed by atoms with Gasteiger partial charge in [-0.25, -0.2) is 14.5 Å². The molecule has 0 saturated carbocycles. The molecular formula is C20H24N2O6. The maximum absolute atomic E-state index is 12.4. The van der Waals surface area contributed by atoms with E-state index in [0.717, 1.165) is 4.90 Å². The Morgan fingerprint density at radius 2 is 1.50 bits per heavy atom. The van der Waals surface area contributed by atoms with Gasteiger partial charge in [-0.2, -0.15) is 0 Å². The van der Waals surface area contributed by atoms with Crippen molar-refractivity contribution in [2.45, 2.75) is 12.1 Å². The number of carboxylic acid groups (broad SMARTS) is 1. The summed E-state index contributed by atoms with van der Waals surface area (Å²) in [5.74, 6) is -2.08. The van der Waals surface area contributed by atoms with Crippen molar-refractivity contribution < 1.29 is 28.9 Å². The zero-order valence-electron chi connectivity index (χ0n) is 16.2. The maximum Gasteiger partial charge on any atom is 0.415 e. The van der Waals surface area contributed by atoms with Crippen molar-refractivity contribution in [3.05, 3.63) is 71.8 Å². The summed E-state index contributed by atoms with van der Waals surface area (Å²) in [6, 6.07) is 17.1. The second-order valence-electron chi connectivity index (χ2n) is 6.07. The number of hydrogen-bond acceptors (Lipinski definition) is 5. The Kier molecular flexibility index (Phi) is 6.97. The second-order valence-corrected chi connectivity index (χ2v) is 6.07. The van der Waals surface area contributed by atoms with E-state index in [4.69, 9.17) is 14.2 Å². The lowest BCUT2D eigenvalue weighted by Crippen LogP contribution is -2.56. The van der Waals surface area contributed by atoms with E-state index in [9.17, 15) is 14.7 Å². The summed E-state index contributed by atoms with van der Waals surface area (Å²) in [5, 5.41) is 10.1. The number of methoxy groups -OCH3 is 2. The van der Waals surface area contributed by atoms with Crippen molar-refractivity contribution in [1.82, 2.24) is 9.80 Å². The fraction of sp³-hybridized carbons (Fsp3) is 0.300. The molecule has 2 amide bonds. The standard InChI is InChI=1S/C20H24N2O6/c1-21(2)19(25)28-20(27-4,16-13-9-6-10-14-16)22(18(23)24)17(26-3)15-11-7-5-8-12-15/h5-14,17H,1-4H3,(H,23,24). The zero-order chi connectivity index (χ0) is 20.7. The van der Waals surface area contributed by atoms with Crippen LogP contribution in [0.3, 0.4) is 0 Å². The van der Waals surface area contributed by atoms with Gasteiger partial charge in [-0.3, -0.25) is 0 Å². The van der Waals surface area contributed by atoms with Crippen LogP contribution in [0.15, 0.2) is 60.7 Å². The zero-order valence-corrected chi connectivity index (χ0v) is 16.2. The highest BCUT2D eigenvalue weighted by Gasteiger charge is 2.51. The summed E-state index contributed by atoms with van der Waals surface area (Å²) < 4.78 is 16.7. The minimum absolute atomic E-state index is 0.313. The molecule has 150 valence electrons. The van der Waals surface area contributed by atoms with Gasteiger partial charge in [-0.05, 0) is 0 Å². The first kappa shape index (κ1) is 21.2. The van der Waals surface area contributed by atoms with Gasteiger partial charge in [0.05, 0.1) is 0 Å². The Labute approximate surface area is 163 Å². The van der Waals surface area contributed by atoms with E-state index in [-0.39, 0.29) is 0 Å². The molecule has 2 unspecified atom stereocenters. The van der Waals surface area contributed by atoms with Crippen LogP contribution in [-0.4, -0.2) is 55.4 Å². The van der Waals surface area contributed by atoms with E-state index in [0.29, 0.717) is 11.1 Å². The van der Waals surface area contributed by atoms with Crippen molar-refractivity contribution in [2.24, 2.45) is 0 Å². The molecule has 0 saturated heterocycles.